The van der Waals surface area contributed by atoms with Gasteiger partial charge in [0.2, 0.25) is 5.89 Å². The molecule has 5 heteroatoms. The summed E-state index contributed by atoms with van der Waals surface area (Å²) in [7, 11) is 0. The number of anilines is 1. The summed E-state index contributed by atoms with van der Waals surface area (Å²) in [4.78, 5) is 16.9. The highest BCUT2D eigenvalue weighted by atomic mass is 79.9. The smallest absolute Gasteiger partial charge is 0.255 e. The van der Waals surface area contributed by atoms with E-state index in [9.17, 15) is 4.79 Å². The molecule has 0 aliphatic carbocycles. The highest BCUT2D eigenvalue weighted by Crippen LogP contribution is 2.27. The van der Waals surface area contributed by atoms with Gasteiger partial charge in [0.05, 0.1) is 0 Å². The van der Waals surface area contributed by atoms with Gasteiger partial charge in [0.15, 0.2) is 5.58 Å². The van der Waals surface area contributed by atoms with Gasteiger partial charge in [0, 0.05) is 21.3 Å². The van der Waals surface area contributed by atoms with Crippen LogP contribution in [0.4, 0.5) is 5.69 Å². The Morgan fingerprint density at radius 1 is 1.04 bits per heavy atom. The Kier molecular flexibility index (Phi) is 4.31. The van der Waals surface area contributed by atoms with E-state index in [2.05, 4.69) is 26.2 Å². The van der Waals surface area contributed by atoms with Gasteiger partial charge in [-0.05, 0) is 61.0 Å². The number of hydrogen-bond donors (Lipinski definition) is 1. The molecule has 0 unspecified atom stereocenters. The second-order valence-corrected chi connectivity index (χ2v) is 6.95. The number of rotatable bonds is 3. The maximum Gasteiger partial charge on any atom is 0.255 e. The number of halogens is 1. The minimum absolute atomic E-state index is 0.170. The molecule has 0 fully saturated rings. The minimum atomic E-state index is -0.170. The monoisotopic (exact) mass is 406 g/mol. The Morgan fingerprint density at radius 3 is 2.73 bits per heavy atom. The lowest BCUT2D eigenvalue weighted by Crippen LogP contribution is -2.11. The number of nitrogens with one attached hydrogen (secondary N) is 1. The van der Waals surface area contributed by atoms with Crippen molar-refractivity contribution in [1.29, 1.82) is 0 Å². The van der Waals surface area contributed by atoms with Crippen LogP contribution in [0.25, 0.3) is 22.6 Å². The van der Waals surface area contributed by atoms with Gasteiger partial charge >= 0.3 is 0 Å². The van der Waals surface area contributed by atoms with Gasteiger partial charge in [-0.3, -0.25) is 4.79 Å². The summed E-state index contributed by atoms with van der Waals surface area (Å²) in [6.07, 6.45) is 0. The average molecular weight is 407 g/mol. The molecular formula is C21H15BrN2O2. The van der Waals surface area contributed by atoms with E-state index in [1.807, 2.05) is 61.5 Å². The van der Waals surface area contributed by atoms with Gasteiger partial charge in [0.1, 0.15) is 5.52 Å². The molecule has 0 saturated heterocycles. The highest BCUT2D eigenvalue weighted by molar-refractivity contribution is 9.10. The van der Waals surface area contributed by atoms with Crippen molar-refractivity contribution in [3.05, 3.63) is 82.3 Å². The number of amides is 1. The van der Waals surface area contributed by atoms with Crippen LogP contribution >= 0.6 is 15.9 Å². The van der Waals surface area contributed by atoms with Gasteiger partial charge in [-0.15, -0.1) is 0 Å². The van der Waals surface area contributed by atoms with E-state index < -0.39 is 0 Å². The van der Waals surface area contributed by atoms with E-state index >= 15 is 0 Å². The molecule has 4 aromatic rings. The summed E-state index contributed by atoms with van der Waals surface area (Å²) in [5, 5.41) is 2.91. The third kappa shape index (κ3) is 3.39. The van der Waals surface area contributed by atoms with Gasteiger partial charge in [0.25, 0.3) is 5.91 Å². The minimum Gasteiger partial charge on any atom is -0.436 e. The zero-order chi connectivity index (χ0) is 18.1. The second kappa shape index (κ2) is 6.77. The molecule has 0 atom stereocenters. The van der Waals surface area contributed by atoms with E-state index in [0.717, 1.165) is 26.7 Å². The predicted octanol–water partition coefficient (Wildman–Crippen LogP) is 5.82. The lowest BCUT2D eigenvalue weighted by molar-refractivity contribution is 0.102. The molecule has 128 valence electrons. The molecule has 1 aromatic heterocycles. The van der Waals surface area contributed by atoms with E-state index in [1.165, 1.54) is 0 Å². The second-order valence-electron chi connectivity index (χ2n) is 6.04. The average Bonchev–Trinajstić information content (AvgIpc) is 3.05. The first kappa shape index (κ1) is 16.5. The molecular weight excluding hydrogens is 392 g/mol. The van der Waals surface area contributed by atoms with Crippen LogP contribution in [0.1, 0.15) is 15.9 Å². The summed E-state index contributed by atoms with van der Waals surface area (Å²) in [6, 6.07) is 20.6. The topological polar surface area (TPSA) is 55.1 Å². The first-order valence-corrected chi connectivity index (χ1v) is 8.92. The standard InChI is InChI=1S/C21H15BrN2O2/c1-13-8-9-18-19(10-13)26-21(24-18)15-5-3-7-17(12-15)23-20(25)14-4-2-6-16(22)11-14/h2-12H,1H3,(H,23,25). The van der Waals surface area contributed by atoms with Crippen molar-refractivity contribution in [3.63, 3.8) is 0 Å². The zero-order valence-electron chi connectivity index (χ0n) is 14.0. The molecule has 26 heavy (non-hydrogen) atoms. The molecule has 1 amide bonds. The highest BCUT2D eigenvalue weighted by Gasteiger charge is 2.11. The SMILES string of the molecule is Cc1ccc2nc(-c3cccc(NC(=O)c4cccc(Br)c4)c3)oc2c1. The number of hydrogen-bond acceptors (Lipinski definition) is 3. The fraction of sp³-hybridized carbons (Fsp3) is 0.0476. The van der Waals surface area contributed by atoms with E-state index in [0.29, 0.717) is 17.1 Å². The molecule has 0 aliphatic rings. The number of nitrogens with zero attached hydrogens (tertiary/aromatic N) is 1. The first-order chi connectivity index (χ1) is 12.6. The molecule has 1 heterocycles. The molecule has 0 bridgehead atoms. The Labute approximate surface area is 159 Å². The fourth-order valence-electron chi connectivity index (χ4n) is 2.72. The van der Waals surface area contributed by atoms with Gasteiger partial charge in [-0.2, -0.15) is 0 Å². The lowest BCUT2D eigenvalue weighted by Gasteiger charge is -2.06. The Morgan fingerprint density at radius 2 is 1.88 bits per heavy atom. The number of carbonyl (C=O) groups is 1. The van der Waals surface area contributed by atoms with E-state index in [4.69, 9.17) is 4.42 Å². The van der Waals surface area contributed by atoms with E-state index in [1.54, 1.807) is 12.1 Å². The summed E-state index contributed by atoms with van der Waals surface area (Å²) in [5.41, 5.74) is 4.77. The van der Waals surface area contributed by atoms with E-state index in [-0.39, 0.29) is 5.91 Å². The molecule has 0 spiro atoms. The number of carbonyl (C=O) groups excluding carboxylic acids is 1. The van der Waals surface area contributed by atoms with Gasteiger partial charge in [-0.1, -0.05) is 34.1 Å². The molecule has 0 radical (unpaired) electrons. The third-order valence-electron chi connectivity index (χ3n) is 4.00. The summed E-state index contributed by atoms with van der Waals surface area (Å²) >= 11 is 3.38. The van der Waals surface area contributed by atoms with Crippen molar-refractivity contribution in [1.82, 2.24) is 4.98 Å². The summed E-state index contributed by atoms with van der Waals surface area (Å²) < 4.78 is 6.73. The fourth-order valence-corrected chi connectivity index (χ4v) is 3.12. The molecule has 1 N–H and O–H groups in total. The number of benzene rings is 3. The molecule has 3 aromatic carbocycles. The van der Waals surface area contributed by atoms with Crippen LogP contribution in [-0.2, 0) is 0 Å². The Hall–Kier alpha value is -2.92. The third-order valence-corrected chi connectivity index (χ3v) is 4.49. The van der Waals surface area contributed by atoms with Crippen molar-refractivity contribution in [2.45, 2.75) is 6.92 Å². The van der Waals surface area contributed by atoms with Crippen LogP contribution in [-0.4, -0.2) is 10.9 Å². The maximum absolute atomic E-state index is 12.4. The van der Waals surface area contributed by atoms with Gasteiger partial charge in [-0.25, -0.2) is 4.98 Å². The van der Waals surface area contributed by atoms with Crippen LogP contribution in [0.3, 0.4) is 0 Å². The van der Waals surface area contributed by atoms with Gasteiger partial charge < -0.3 is 9.73 Å². The van der Waals surface area contributed by atoms with Crippen LogP contribution < -0.4 is 5.32 Å². The summed E-state index contributed by atoms with van der Waals surface area (Å²) in [5.74, 6) is 0.362. The summed E-state index contributed by atoms with van der Waals surface area (Å²) in [6.45, 7) is 2.01. The lowest BCUT2D eigenvalue weighted by atomic mass is 10.1. The number of fused-ring (bicyclic) bond motifs is 1. The molecule has 0 aliphatic heterocycles. The number of aromatic nitrogens is 1. The van der Waals surface area contributed by atoms with Crippen molar-refractivity contribution in [2.24, 2.45) is 0 Å². The molecule has 4 rings (SSSR count). The zero-order valence-corrected chi connectivity index (χ0v) is 15.6. The van der Waals surface area contributed by atoms with Crippen LogP contribution in [0.5, 0.6) is 0 Å². The normalized spacial score (nSPS) is 10.8. The van der Waals surface area contributed by atoms with Crippen molar-refractivity contribution >= 4 is 38.6 Å². The Balaban J connectivity index is 1.62. The van der Waals surface area contributed by atoms with Crippen molar-refractivity contribution in [3.8, 4) is 11.5 Å². The van der Waals surface area contributed by atoms with Crippen LogP contribution in [0.2, 0.25) is 0 Å². The maximum atomic E-state index is 12.4. The Bertz CT molecular complexity index is 1120. The quantitative estimate of drug-likeness (QED) is 0.466. The van der Waals surface area contributed by atoms with Crippen LogP contribution in [0.15, 0.2) is 75.6 Å². The first-order valence-electron chi connectivity index (χ1n) is 8.13. The van der Waals surface area contributed by atoms with Crippen molar-refractivity contribution < 1.29 is 9.21 Å². The molecule has 0 saturated carbocycles. The largest absolute Gasteiger partial charge is 0.436 e. The van der Waals surface area contributed by atoms with Crippen molar-refractivity contribution in [2.75, 3.05) is 5.32 Å². The number of oxazole rings is 1. The molecule has 4 nitrogen and oxygen atoms in total. The number of aryl methyl sites for hydroxylation is 1. The predicted molar refractivity (Wildman–Crippen MR) is 106 cm³/mol. The van der Waals surface area contributed by atoms with Crippen LogP contribution in [0, 0.1) is 6.92 Å².